The van der Waals surface area contributed by atoms with Crippen LogP contribution in [0.15, 0.2) is 47.6 Å². The number of nitrogens with two attached hydrogens (primary N) is 1. The zero-order valence-electron chi connectivity index (χ0n) is 17.6. The lowest BCUT2D eigenvalue weighted by molar-refractivity contribution is -0.131. The fourth-order valence-electron chi connectivity index (χ4n) is 4.27. The van der Waals surface area contributed by atoms with Gasteiger partial charge < -0.3 is 10.7 Å². The number of benzene rings is 2. The quantitative estimate of drug-likeness (QED) is 0.479. The molecule has 1 fully saturated rings. The van der Waals surface area contributed by atoms with Gasteiger partial charge in [0.1, 0.15) is 0 Å². The molecule has 0 aliphatic heterocycles. The summed E-state index contributed by atoms with van der Waals surface area (Å²) >= 11 is 1.38. The number of aromatic nitrogens is 3. The zero-order valence-corrected chi connectivity index (χ0v) is 18.4. The maximum atomic E-state index is 12.9. The second-order valence-corrected chi connectivity index (χ2v) is 9.39. The van der Waals surface area contributed by atoms with Crippen molar-refractivity contribution in [2.45, 2.75) is 61.9 Å². The van der Waals surface area contributed by atoms with Crippen LogP contribution in [0, 0.1) is 0 Å². The number of thioether (sulfide) groups is 1. The summed E-state index contributed by atoms with van der Waals surface area (Å²) in [6.45, 7) is 1.92. The van der Waals surface area contributed by atoms with Crippen LogP contribution in [0.5, 0.6) is 0 Å². The summed E-state index contributed by atoms with van der Waals surface area (Å²) in [7, 11) is 1.93. The SMILES string of the molecule is C[C@@H](Sc1nnc(Cc2cccc3ccccc23)n1N)C(=O)N(C)C1CCCCC1. The monoisotopic (exact) mass is 423 g/mol. The molecule has 4 rings (SSSR count). The van der Waals surface area contributed by atoms with E-state index < -0.39 is 0 Å². The summed E-state index contributed by atoms with van der Waals surface area (Å²) in [5.74, 6) is 7.13. The van der Waals surface area contributed by atoms with E-state index >= 15 is 0 Å². The molecule has 0 radical (unpaired) electrons. The molecule has 1 atom stereocenters. The highest BCUT2D eigenvalue weighted by molar-refractivity contribution is 8.00. The molecule has 2 aromatic carbocycles. The van der Waals surface area contributed by atoms with Crippen molar-refractivity contribution >= 4 is 28.4 Å². The van der Waals surface area contributed by atoms with Crippen molar-refractivity contribution in [2.75, 3.05) is 12.9 Å². The summed E-state index contributed by atoms with van der Waals surface area (Å²) in [4.78, 5) is 14.8. The van der Waals surface area contributed by atoms with Crippen molar-refractivity contribution in [3.8, 4) is 0 Å². The maximum Gasteiger partial charge on any atom is 0.235 e. The summed E-state index contributed by atoms with van der Waals surface area (Å²) < 4.78 is 1.52. The Kier molecular flexibility index (Phi) is 6.27. The lowest BCUT2D eigenvalue weighted by atomic mass is 9.94. The predicted molar refractivity (Wildman–Crippen MR) is 122 cm³/mol. The van der Waals surface area contributed by atoms with Crippen LogP contribution in [-0.2, 0) is 11.2 Å². The van der Waals surface area contributed by atoms with Crippen molar-refractivity contribution in [1.82, 2.24) is 19.8 Å². The number of amides is 1. The molecule has 30 heavy (non-hydrogen) atoms. The van der Waals surface area contributed by atoms with Gasteiger partial charge in [0.15, 0.2) is 5.82 Å². The molecule has 158 valence electrons. The number of hydrogen-bond acceptors (Lipinski definition) is 5. The van der Waals surface area contributed by atoms with Crippen LogP contribution < -0.4 is 5.84 Å². The lowest BCUT2D eigenvalue weighted by Crippen LogP contribution is -2.42. The molecule has 1 amide bonds. The Morgan fingerprint density at radius 1 is 1.17 bits per heavy atom. The third kappa shape index (κ3) is 4.31. The first-order valence-electron chi connectivity index (χ1n) is 10.6. The van der Waals surface area contributed by atoms with E-state index in [1.54, 1.807) is 0 Å². The minimum Gasteiger partial charge on any atom is -0.342 e. The molecule has 0 unspecified atom stereocenters. The van der Waals surface area contributed by atoms with E-state index in [4.69, 9.17) is 5.84 Å². The average molecular weight is 424 g/mol. The van der Waals surface area contributed by atoms with Gasteiger partial charge in [0.25, 0.3) is 0 Å². The Hall–Kier alpha value is -2.54. The topological polar surface area (TPSA) is 77.0 Å². The molecule has 1 aliphatic rings. The fourth-order valence-corrected chi connectivity index (χ4v) is 5.16. The van der Waals surface area contributed by atoms with E-state index in [9.17, 15) is 4.79 Å². The predicted octanol–water partition coefficient (Wildman–Crippen LogP) is 4.01. The van der Waals surface area contributed by atoms with Gasteiger partial charge in [-0.1, -0.05) is 73.5 Å². The standard InChI is InChI=1S/C23H29N5OS/c1-16(22(29)27(2)19-12-4-3-5-13-19)30-23-26-25-21(28(23)24)15-18-11-8-10-17-9-6-7-14-20(17)18/h6-11,14,16,19H,3-5,12-13,15,24H2,1-2H3/t16-/m1/s1. The smallest absolute Gasteiger partial charge is 0.235 e. The van der Waals surface area contributed by atoms with Crippen molar-refractivity contribution in [3.05, 3.63) is 53.9 Å². The van der Waals surface area contributed by atoms with E-state index in [2.05, 4.69) is 34.5 Å². The van der Waals surface area contributed by atoms with Gasteiger partial charge in [0.05, 0.1) is 5.25 Å². The number of carbonyl (C=O) groups excluding carboxylic acids is 1. The summed E-state index contributed by atoms with van der Waals surface area (Å²) in [6, 6.07) is 14.9. The Labute approximate surface area is 181 Å². The number of hydrogen-bond donors (Lipinski definition) is 1. The molecule has 1 aromatic heterocycles. The highest BCUT2D eigenvalue weighted by atomic mass is 32.2. The largest absolute Gasteiger partial charge is 0.342 e. The van der Waals surface area contributed by atoms with Crippen LogP contribution in [0.1, 0.15) is 50.4 Å². The molecule has 1 aliphatic carbocycles. The molecule has 1 saturated carbocycles. The number of nitrogens with zero attached hydrogens (tertiary/aromatic N) is 4. The van der Waals surface area contributed by atoms with Gasteiger partial charge in [-0.05, 0) is 36.1 Å². The first-order chi connectivity index (χ1) is 14.5. The first kappa shape index (κ1) is 20.7. The second kappa shape index (κ2) is 9.08. The third-order valence-electron chi connectivity index (χ3n) is 6.06. The lowest BCUT2D eigenvalue weighted by Gasteiger charge is -2.32. The van der Waals surface area contributed by atoms with Gasteiger partial charge in [-0.3, -0.25) is 4.79 Å². The minimum absolute atomic E-state index is 0.130. The molecular formula is C23H29N5OS. The molecular weight excluding hydrogens is 394 g/mol. The van der Waals surface area contributed by atoms with Gasteiger partial charge in [-0.25, -0.2) is 4.68 Å². The van der Waals surface area contributed by atoms with Crippen molar-refractivity contribution in [3.63, 3.8) is 0 Å². The fraction of sp³-hybridized carbons (Fsp3) is 0.435. The zero-order chi connectivity index (χ0) is 21.1. The van der Waals surface area contributed by atoms with E-state index in [1.165, 1.54) is 46.5 Å². The molecule has 2 N–H and O–H groups in total. The van der Waals surface area contributed by atoms with Gasteiger partial charge in [-0.15, -0.1) is 10.2 Å². The van der Waals surface area contributed by atoms with Gasteiger partial charge >= 0.3 is 0 Å². The molecule has 0 spiro atoms. The normalized spacial score (nSPS) is 15.9. The highest BCUT2D eigenvalue weighted by Gasteiger charge is 2.27. The molecule has 7 heteroatoms. The van der Waals surface area contributed by atoms with Crippen LogP contribution in [-0.4, -0.2) is 44.0 Å². The van der Waals surface area contributed by atoms with E-state index in [0.29, 0.717) is 23.4 Å². The Balaban J connectivity index is 1.45. The summed E-state index contributed by atoms with van der Waals surface area (Å²) in [6.07, 6.45) is 6.48. The second-order valence-electron chi connectivity index (χ2n) is 8.08. The van der Waals surface area contributed by atoms with Crippen LogP contribution in [0.4, 0.5) is 0 Å². The Bertz CT molecular complexity index is 1020. The number of fused-ring (bicyclic) bond motifs is 1. The van der Waals surface area contributed by atoms with Crippen molar-refractivity contribution in [2.24, 2.45) is 0 Å². The van der Waals surface area contributed by atoms with Crippen LogP contribution in [0.2, 0.25) is 0 Å². The molecule has 0 bridgehead atoms. The highest BCUT2D eigenvalue weighted by Crippen LogP contribution is 2.27. The van der Waals surface area contributed by atoms with E-state index in [0.717, 1.165) is 18.4 Å². The molecule has 6 nitrogen and oxygen atoms in total. The van der Waals surface area contributed by atoms with Crippen LogP contribution in [0.3, 0.4) is 0 Å². The molecule has 0 saturated heterocycles. The van der Waals surface area contributed by atoms with Crippen LogP contribution >= 0.6 is 11.8 Å². The Morgan fingerprint density at radius 3 is 2.70 bits per heavy atom. The van der Waals surface area contributed by atoms with Crippen molar-refractivity contribution in [1.29, 1.82) is 0 Å². The number of rotatable bonds is 6. The van der Waals surface area contributed by atoms with Crippen molar-refractivity contribution < 1.29 is 4.79 Å². The molecule has 1 heterocycles. The number of nitrogen functional groups attached to an aromatic ring is 1. The average Bonchev–Trinajstić information content (AvgIpc) is 3.12. The van der Waals surface area contributed by atoms with Gasteiger partial charge in [0, 0.05) is 19.5 Å². The first-order valence-corrected chi connectivity index (χ1v) is 11.5. The van der Waals surface area contributed by atoms with Crippen LogP contribution in [0.25, 0.3) is 10.8 Å². The maximum absolute atomic E-state index is 12.9. The van der Waals surface area contributed by atoms with E-state index in [1.807, 2.05) is 37.1 Å². The molecule has 3 aromatic rings. The third-order valence-corrected chi connectivity index (χ3v) is 7.11. The summed E-state index contributed by atoms with van der Waals surface area (Å²) in [5, 5.41) is 11.3. The van der Waals surface area contributed by atoms with Gasteiger partial charge in [0.2, 0.25) is 11.1 Å². The minimum atomic E-state index is -0.256. The Morgan fingerprint density at radius 2 is 1.90 bits per heavy atom. The van der Waals surface area contributed by atoms with E-state index in [-0.39, 0.29) is 11.2 Å². The summed E-state index contributed by atoms with van der Waals surface area (Å²) in [5.41, 5.74) is 1.16. The number of carbonyl (C=O) groups is 1. The van der Waals surface area contributed by atoms with Gasteiger partial charge in [-0.2, -0.15) is 0 Å².